The highest BCUT2D eigenvalue weighted by molar-refractivity contribution is 5.86. The van der Waals surface area contributed by atoms with Gasteiger partial charge in [-0.2, -0.15) is 0 Å². The zero-order chi connectivity index (χ0) is 18.7. The van der Waals surface area contributed by atoms with E-state index < -0.39 is 11.6 Å². The van der Waals surface area contributed by atoms with Crippen LogP contribution in [0.4, 0.5) is 5.69 Å². The van der Waals surface area contributed by atoms with E-state index in [1.54, 1.807) is 13.0 Å². The molecule has 1 aromatic carbocycles. The van der Waals surface area contributed by atoms with Gasteiger partial charge in [-0.1, -0.05) is 0 Å². The fraction of sp³-hybridized carbons (Fsp3) is 0.316. The van der Waals surface area contributed by atoms with Crippen molar-refractivity contribution in [3.05, 3.63) is 46.8 Å². The molecule has 3 aromatic rings. The van der Waals surface area contributed by atoms with Gasteiger partial charge in [-0.15, -0.1) is 0 Å². The van der Waals surface area contributed by atoms with Crippen molar-refractivity contribution in [2.24, 2.45) is 0 Å². The topological polar surface area (TPSA) is 85.8 Å². The van der Waals surface area contributed by atoms with Crippen molar-refractivity contribution in [2.45, 2.75) is 20.8 Å². The molecule has 0 radical (unpaired) electrons. The quantitative estimate of drug-likeness (QED) is 0.494. The van der Waals surface area contributed by atoms with Gasteiger partial charge < -0.3 is 18.5 Å². The summed E-state index contributed by atoms with van der Waals surface area (Å²) in [5.74, 6) is -0.706. The second-order valence-electron chi connectivity index (χ2n) is 5.59. The lowest BCUT2D eigenvalue weighted by molar-refractivity contribution is 0.0482. The fourth-order valence-corrected chi connectivity index (χ4v) is 2.74. The lowest BCUT2D eigenvalue weighted by Gasteiger charge is -2.20. The minimum Gasteiger partial charge on any atom is -0.459 e. The van der Waals surface area contributed by atoms with Crippen LogP contribution in [0.1, 0.15) is 31.5 Å². The zero-order valence-corrected chi connectivity index (χ0v) is 14.9. The Kier molecular flexibility index (Phi) is 5.06. The Balaban J connectivity index is 2.01. The number of hydrogen-bond acceptors (Lipinski definition) is 7. The van der Waals surface area contributed by atoms with Gasteiger partial charge in [-0.05, 0) is 39.0 Å². The van der Waals surface area contributed by atoms with Crippen molar-refractivity contribution in [1.29, 1.82) is 0 Å². The van der Waals surface area contributed by atoms with E-state index in [9.17, 15) is 9.59 Å². The van der Waals surface area contributed by atoms with Crippen LogP contribution in [-0.2, 0) is 4.74 Å². The maximum absolute atomic E-state index is 12.4. The summed E-state index contributed by atoms with van der Waals surface area (Å²) in [6.45, 7) is 7.75. The maximum Gasteiger partial charge on any atom is 0.394 e. The largest absolute Gasteiger partial charge is 0.459 e. The highest BCUT2D eigenvalue weighted by Crippen LogP contribution is 2.25. The van der Waals surface area contributed by atoms with Crippen molar-refractivity contribution in [3.63, 3.8) is 0 Å². The highest BCUT2D eigenvalue weighted by atomic mass is 16.5. The van der Waals surface area contributed by atoms with E-state index in [0.29, 0.717) is 5.58 Å². The molecule has 0 aliphatic heterocycles. The molecule has 0 aliphatic rings. The molecule has 0 amide bonds. The third kappa shape index (κ3) is 3.33. The lowest BCUT2D eigenvalue weighted by atomic mass is 10.1. The van der Waals surface area contributed by atoms with Crippen molar-refractivity contribution in [1.82, 2.24) is 4.98 Å². The third-order valence-electron chi connectivity index (χ3n) is 4.07. The number of carbonyl (C=O) groups is 1. The molecule has 0 fully saturated rings. The lowest BCUT2D eigenvalue weighted by Crippen LogP contribution is -2.21. The number of anilines is 1. The molecule has 0 aliphatic carbocycles. The molecule has 136 valence electrons. The summed E-state index contributed by atoms with van der Waals surface area (Å²) in [6.07, 6.45) is 1.31. The van der Waals surface area contributed by atoms with Crippen molar-refractivity contribution in [3.8, 4) is 11.3 Å². The molecule has 0 bridgehead atoms. The van der Waals surface area contributed by atoms with Crippen LogP contribution in [0.15, 0.2) is 44.1 Å². The van der Waals surface area contributed by atoms with Gasteiger partial charge in [0.2, 0.25) is 0 Å². The van der Waals surface area contributed by atoms with Crippen LogP contribution in [0.2, 0.25) is 0 Å². The zero-order valence-electron chi connectivity index (χ0n) is 14.9. The molecule has 7 nitrogen and oxygen atoms in total. The first-order chi connectivity index (χ1) is 12.6. The number of benzene rings is 1. The molecule has 0 spiro atoms. The minimum atomic E-state index is -0.673. The van der Waals surface area contributed by atoms with E-state index in [1.165, 1.54) is 6.20 Å². The summed E-state index contributed by atoms with van der Waals surface area (Å²) < 4.78 is 15.6. The van der Waals surface area contributed by atoms with Crippen molar-refractivity contribution >= 4 is 22.6 Å². The number of aromatic nitrogens is 1. The number of fused-ring (bicyclic) bond motifs is 1. The maximum atomic E-state index is 12.4. The van der Waals surface area contributed by atoms with E-state index >= 15 is 0 Å². The SMILES string of the molecule is CCOC(=O)c1ncc(-c2cc3ccc(N(CC)CC)cc3oc2=O)o1. The molecule has 0 atom stereocenters. The molecular formula is C19H20N2O5. The molecule has 26 heavy (non-hydrogen) atoms. The Morgan fingerprint density at radius 2 is 1.92 bits per heavy atom. The number of carbonyl (C=O) groups excluding carboxylic acids is 1. The van der Waals surface area contributed by atoms with Gasteiger partial charge in [0.05, 0.1) is 12.8 Å². The predicted molar refractivity (Wildman–Crippen MR) is 97.5 cm³/mol. The summed E-state index contributed by atoms with van der Waals surface area (Å²) in [5, 5.41) is 0.754. The molecule has 0 saturated heterocycles. The van der Waals surface area contributed by atoms with Gasteiger partial charge in [0, 0.05) is 30.2 Å². The molecule has 2 aromatic heterocycles. The van der Waals surface area contributed by atoms with E-state index in [0.717, 1.165) is 24.2 Å². The molecular weight excluding hydrogens is 336 g/mol. The number of nitrogens with zero attached hydrogens (tertiary/aromatic N) is 2. The Bertz CT molecular complexity index is 985. The van der Waals surface area contributed by atoms with E-state index in [4.69, 9.17) is 13.6 Å². The minimum absolute atomic E-state index is 0.163. The first-order valence-electron chi connectivity index (χ1n) is 8.53. The van der Waals surface area contributed by atoms with E-state index in [1.807, 2.05) is 18.2 Å². The van der Waals surface area contributed by atoms with Crippen LogP contribution < -0.4 is 10.5 Å². The average molecular weight is 356 g/mol. The van der Waals surface area contributed by atoms with Crippen LogP contribution in [0.25, 0.3) is 22.3 Å². The van der Waals surface area contributed by atoms with Crippen molar-refractivity contribution < 1.29 is 18.4 Å². The monoisotopic (exact) mass is 356 g/mol. The molecule has 7 heteroatoms. The van der Waals surface area contributed by atoms with E-state index in [2.05, 4.69) is 23.7 Å². The predicted octanol–water partition coefficient (Wildman–Crippen LogP) is 3.47. The number of esters is 1. The van der Waals surface area contributed by atoms with Gasteiger partial charge in [0.15, 0.2) is 5.76 Å². The van der Waals surface area contributed by atoms with Crippen LogP contribution in [0.5, 0.6) is 0 Å². The summed E-state index contributed by atoms with van der Waals surface area (Å²) in [5.41, 5.74) is 1.13. The number of oxazole rings is 1. The van der Waals surface area contributed by atoms with Crippen LogP contribution in [0, 0.1) is 0 Å². The van der Waals surface area contributed by atoms with Gasteiger partial charge in [0.25, 0.3) is 0 Å². The summed E-state index contributed by atoms with van der Waals surface area (Å²) >= 11 is 0. The number of rotatable bonds is 6. The number of ether oxygens (including phenoxy) is 1. The van der Waals surface area contributed by atoms with Crippen molar-refractivity contribution in [2.75, 3.05) is 24.6 Å². The molecule has 0 N–H and O–H groups in total. The summed E-state index contributed by atoms with van der Waals surface area (Å²) in [4.78, 5) is 30.1. The van der Waals surface area contributed by atoms with Gasteiger partial charge in [-0.25, -0.2) is 14.6 Å². The Morgan fingerprint density at radius 1 is 1.15 bits per heavy atom. The van der Waals surface area contributed by atoms with E-state index in [-0.39, 0.29) is 23.8 Å². The summed E-state index contributed by atoms with van der Waals surface area (Å²) in [6, 6.07) is 7.38. The Morgan fingerprint density at radius 3 is 2.62 bits per heavy atom. The van der Waals surface area contributed by atoms with Gasteiger partial charge >= 0.3 is 17.5 Å². The summed E-state index contributed by atoms with van der Waals surface area (Å²) in [7, 11) is 0. The third-order valence-corrected chi connectivity index (χ3v) is 4.07. The standard InChI is InChI=1S/C19H20N2O5/c1-4-21(5-2)13-8-7-12-9-14(18(22)26-15(12)10-13)16-11-20-17(25-16)19(23)24-6-3/h7-11H,4-6H2,1-3H3. The second kappa shape index (κ2) is 7.43. The molecule has 0 unspecified atom stereocenters. The first-order valence-corrected chi connectivity index (χ1v) is 8.53. The van der Waals surface area contributed by atoms with Crippen LogP contribution in [0.3, 0.4) is 0 Å². The average Bonchev–Trinajstić information content (AvgIpc) is 3.12. The Labute approximate surface area is 150 Å². The van der Waals surface area contributed by atoms with Gasteiger partial charge in [0.1, 0.15) is 11.1 Å². The first kappa shape index (κ1) is 17.7. The molecule has 2 heterocycles. The second-order valence-corrected chi connectivity index (χ2v) is 5.59. The smallest absolute Gasteiger partial charge is 0.394 e. The van der Waals surface area contributed by atoms with Crippen LogP contribution >= 0.6 is 0 Å². The normalized spacial score (nSPS) is 10.9. The Hall–Kier alpha value is -3.09. The highest BCUT2D eigenvalue weighted by Gasteiger charge is 2.18. The van der Waals surface area contributed by atoms with Crippen LogP contribution in [-0.4, -0.2) is 30.6 Å². The molecule has 3 rings (SSSR count). The molecule has 0 saturated carbocycles. The van der Waals surface area contributed by atoms with Gasteiger partial charge in [-0.3, -0.25) is 0 Å². The number of hydrogen-bond donors (Lipinski definition) is 0. The fourth-order valence-electron chi connectivity index (χ4n) is 2.74.